The molecule has 3 aromatic carbocycles. The first-order valence-electron chi connectivity index (χ1n) is 13.6. The number of phenols is 1. The second kappa shape index (κ2) is 12.6. The molecule has 1 N–H and O–H groups in total. The SMILES string of the molecule is CCCOC(=O)c1ccc(Oc2c(C(F)(F)F)oc3c(CN4CCN(c5cccc(Cl)c5)CC4)c(O)ccc3c2=O)cc1. The number of carbonyl (C=O) groups is 1. The van der Waals surface area contributed by atoms with Crippen molar-refractivity contribution in [1.29, 1.82) is 0 Å². The van der Waals surface area contributed by atoms with E-state index >= 15 is 0 Å². The Morgan fingerprint density at radius 3 is 2.42 bits per heavy atom. The summed E-state index contributed by atoms with van der Waals surface area (Å²) in [5.74, 6) is -3.67. The van der Waals surface area contributed by atoms with Crippen molar-refractivity contribution in [2.75, 3.05) is 37.7 Å². The summed E-state index contributed by atoms with van der Waals surface area (Å²) in [7, 11) is 0. The zero-order chi connectivity index (χ0) is 30.7. The Balaban J connectivity index is 1.43. The standard InChI is InChI=1S/C31H28ClF3N2O6/c1-2-16-41-30(40)19-6-8-22(9-7-19)42-28-26(39)23-10-11-25(38)24(27(23)43-29(28)31(33,34)35)18-36-12-14-37(15-13-36)21-5-3-4-20(32)17-21/h3-11,17,38H,2,12-16,18H2,1H3. The third kappa shape index (κ3) is 6.73. The zero-order valence-corrected chi connectivity index (χ0v) is 23.9. The summed E-state index contributed by atoms with van der Waals surface area (Å²) in [6, 6.07) is 15.1. The lowest BCUT2D eigenvalue weighted by Crippen LogP contribution is -2.46. The monoisotopic (exact) mass is 616 g/mol. The maximum absolute atomic E-state index is 14.2. The van der Waals surface area contributed by atoms with Crippen LogP contribution in [0.3, 0.4) is 0 Å². The molecule has 1 fully saturated rings. The molecule has 0 bridgehead atoms. The van der Waals surface area contributed by atoms with Gasteiger partial charge in [-0.3, -0.25) is 9.69 Å². The highest BCUT2D eigenvalue weighted by Crippen LogP contribution is 2.40. The Hall–Kier alpha value is -4.22. The Labute approximate surface area is 249 Å². The van der Waals surface area contributed by atoms with Gasteiger partial charge >= 0.3 is 12.1 Å². The second-order valence-corrected chi connectivity index (χ2v) is 10.5. The quantitative estimate of drug-likeness (QED) is 0.215. The molecule has 0 atom stereocenters. The number of ether oxygens (including phenoxy) is 2. The van der Waals surface area contributed by atoms with Gasteiger partial charge in [0, 0.05) is 43.4 Å². The average molecular weight is 617 g/mol. The fraction of sp³-hybridized carbons (Fsp3) is 0.290. The maximum Gasteiger partial charge on any atom is 0.453 e. The van der Waals surface area contributed by atoms with Gasteiger partial charge < -0.3 is 23.9 Å². The molecular formula is C31H28ClF3N2O6. The molecule has 43 heavy (non-hydrogen) atoms. The Kier molecular flexibility index (Phi) is 8.84. The first kappa shape index (κ1) is 30.2. The predicted molar refractivity (Wildman–Crippen MR) is 155 cm³/mol. The molecule has 226 valence electrons. The summed E-state index contributed by atoms with van der Waals surface area (Å²) >= 11 is 6.11. The van der Waals surface area contributed by atoms with Crippen LogP contribution < -0.4 is 15.1 Å². The van der Waals surface area contributed by atoms with Crippen LogP contribution in [-0.4, -0.2) is 48.8 Å². The van der Waals surface area contributed by atoms with E-state index in [0.29, 0.717) is 37.6 Å². The van der Waals surface area contributed by atoms with Gasteiger partial charge in [-0.05, 0) is 61.0 Å². The number of anilines is 1. The minimum absolute atomic E-state index is 0.0581. The van der Waals surface area contributed by atoms with E-state index in [-0.39, 0.29) is 46.7 Å². The lowest BCUT2D eigenvalue weighted by Gasteiger charge is -2.36. The van der Waals surface area contributed by atoms with Gasteiger partial charge in [-0.2, -0.15) is 13.2 Å². The highest BCUT2D eigenvalue weighted by atomic mass is 35.5. The summed E-state index contributed by atoms with van der Waals surface area (Å²) in [5, 5.41) is 11.1. The van der Waals surface area contributed by atoms with E-state index in [0.717, 1.165) is 5.69 Å². The van der Waals surface area contributed by atoms with E-state index in [2.05, 4.69) is 4.90 Å². The highest BCUT2D eigenvalue weighted by molar-refractivity contribution is 6.30. The number of benzene rings is 3. The number of fused-ring (bicyclic) bond motifs is 1. The lowest BCUT2D eigenvalue weighted by molar-refractivity contribution is -0.154. The molecule has 0 amide bonds. The van der Waals surface area contributed by atoms with Gasteiger partial charge in [0.05, 0.1) is 23.1 Å². The van der Waals surface area contributed by atoms with E-state index in [1.165, 1.54) is 36.4 Å². The number of nitrogens with zero attached hydrogens (tertiary/aromatic N) is 2. The Bertz CT molecular complexity index is 1680. The van der Waals surface area contributed by atoms with Crippen molar-refractivity contribution >= 4 is 34.2 Å². The maximum atomic E-state index is 14.2. The van der Waals surface area contributed by atoms with Crippen molar-refractivity contribution in [3.8, 4) is 17.2 Å². The summed E-state index contributed by atoms with van der Waals surface area (Å²) in [6.45, 7) is 4.45. The van der Waals surface area contributed by atoms with Crippen LogP contribution >= 0.6 is 11.6 Å². The molecule has 2 heterocycles. The minimum Gasteiger partial charge on any atom is -0.507 e. The number of rotatable bonds is 8. The van der Waals surface area contributed by atoms with Crippen molar-refractivity contribution in [2.45, 2.75) is 26.1 Å². The molecule has 8 nitrogen and oxygen atoms in total. The summed E-state index contributed by atoms with van der Waals surface area (Å²) in [6.07, 6.45) is -4.46. The van der Waals surface area contributed by atoms with Crippen molar-refractivity contribution in [2.24, 2.45) is 0 Å². The first-order chi connectivity index (χ1) is 20.5. The molecule has 0 spiro atoms. The Morgan fingerprint density at radius 2 is 1.77 bits per heavy atom. The number of hydrogen-bond acceptors (Lipinski definition) is 8. The smallest absolute Gasteiger partial charge is 0.453 e. The predicted octanol–water partition coefficient (Wildman–Crippen LogP) is 6.85. The minimum atomic E-state index is -5.09. The van der Waals surface area contributed by atoms with Crippen molar-refractivity contribution in [3.63, 3.8) is 0 Å². The number of halogens is 4. The van der Waals surface area contributed by atoms with Crippen LogP contribution in [-0.2, 0) is 17.5 Å². The molecule has 1 aliphatic heterocycles. The Morgan fingerprint density at radius 1 is 1.05 bits per heavy atom. The van der Waals surface area contributed by atoms with Crippen LogP contribution in [0.15, 0.2) is 69.9 Å². The van der Waals surface area contributed by atoms with Crippen LogP contribution in [0, 0.1) is 0 Å². The fourth-order valence-electron chi connectivity index (χ4n) is 4.83. The van der Waals surface area contributed by atoms with Gasteiger partial charge in [-0.15, -0.1) is 0 Å². The number of hydrogen-bond donors (Lipinski definition) is 1. The highest BCUT2D eigenvalue weighted by Gasteiger charge is 2.41. The second-order valence-electron chi connectivity index (χ2n) is 10.0. The van der Waals surface area contributed by atoms with E-state index in [1.54, 1.807) is 6.07 Å². The number of piperazine rings is 1. The molecule has 4 aromatic rings. The lowest BCUT2D eigenvalue weighted by atomic mass is 10.1. The molecule has 12 heteroatoms. The molecule has 1 aliphatic rings. The van der Waals surface area contributed by atoms with Gasteiger partial charge in [0.15, 0.2) is 0 Å². The molecule has 0 saturated carbocycles. The summed E-state index contributed by atoms with van der Waals surface area (Å²) in [5.41, 5.74) is -0.212. The third-order valence-corrected chi connectivity index (χ3v) is 7.26. The number of alkyl halides is 3. The third-order valence-electron chi connectivity index (χ3n) is 7.03. The molecule has 1 saturated heterocycles. The van der Waals surface area contributed by atoms with Crippen LogP contribution in [0.2, 0.25) is 5.02 Å². The topological polar surface area (TPSA) is 92.5 Å². The number of phenolic OH excluding ortho intramolecular Hbond substituents is 1. The zero-order valence-electron chi connectivity index (χ0n) is 23.1. The van der Waals surface area contributed by atoms with Gasteiger partial charge in [-0.1, -0.05) is 24.6 Å². The molecule has 0 unspecified atom stereocenters. The van der Waals surface area contributed by atoms with Crippen molar-refractivity contribution < 1.29 is 37.0 Å². The van der Waals surface area contributed by atoms with E-state index in [1.807, 2.05) is 30.0 Å². The fourth-order valence-corrected chi connectivity index (χ4v) is 5.02. The first-order valence-corrected chi connectivity index (χ1v) is 14.0. The normalized spacial score (nSPS) is 14.2. The molecule has 0 aliphatic carbocycles. The van der Waals surface area contributed by atoms with Crippen LogP contribution in [0.25, 0.3) is 11.0 Å². The van der Waals surface area contributed by atoms with Gasteiger partial charge in [0.2, 0.25) is 11.2 Å². The largest absolute Gasteiger partial charge is 0.507 e. The molecule has 1 aromatic heterocycles. The van der Waals surface area contributed by atoms with Crippen LogP contribution in [0.4, 0.5) is 18.9 Å². The summed E-state index contributed by atoms with van der Waals surface area (Å²) < 4.78 is 58.4. The van der Waals surface area contributed by atoms with E-state index in [9.17, 15) is 27.9 Å². The number of esters is 1. The van der Waals surface area contributed by atoms with Crippen LogP contribution in [0.1, 0.15) is 35.0 Å². The van der Waals surface area contributed by atoms with Crippen molar-refractivity contribution in [3.05, 3.63) is 92.8 Å². The molecule has 0 radical (unpaired) electrons. The van der Waals surface area contributed by atoms with Crippen LogP contribution in [0.5, 0.6) is 17.2 Å². The molecular weight excluding hydrogens is 589 g/mol. The number of aromatic hydroxyl groups is 1. The summed E-state index contributed by atoms with van der Waals surface area (Å²) in [4.78, 5) is 29.5. The van der Waals surface area contributed by atoms with Gasteiger partial charge in [-0.25, -0.2) is 4.79 Å². The average Bonchev–Trinajstić information content (AvgIpc) is 2.98. The van der Waals surface area contributed by atoms with E-state index in [4.69, 9.17) is 25.5 Å². The van der Waals surface area contributed by atoms with Gasteiger partial charge in [0.25, 0.3) is 5.76 Å². The van der Waals surface area contributed by atoms with E-state index < -0.39 is 29.1 Å². The molecule has 5 rings (SSSR count). The number of carbonyl (C=O) groups excluding carboxylic acids is 1. The van der Waals surface area contributed by atoms with Gasteiger partial charge in [0.1, 0.15) is 17.1 Å². The van der Waals surface area contributed by atoms with Crippen molar-refractivity contribution in [1.82, 2.24) is 4.90 Å².